The fourth-order valence-corrected chi connectivity index (χ4v) is 3.99. The van der Waals surface area contributed by atoms with E-state index in [-0.39, 0.29) is 0 Å². The summed E-state index contributed by atoms with van der Waals surface area (Å²) in [6.45, 7) is -0.105. The van der Waals surface area contributed by atoms with Crippen LogP contribution in [0.2, 0.25) is 0 Å². The first-order valence-electron chi connectivity index (χ1n) is 10.4. The van der Waals surface area contributed by atoms with Gasteiger partial charge in [-0.2, -0.15) is 0 Å². The molecule has 0 amide bonds. The minimum Gasteiger partial charge on any atom is -0.394 e. The van der Waals surface area contributed by atoms with Crippen molar-refractivity contribution >= 4 is 0 Å². The number of hydrogen-bond donors (Lipinski definition) is 10. The molecule has 3 rings (SSSR count). The Balaban J connectivity index is 1.75. The third-order valence-electron chi connectivity index (χ3n) is 6.05. The minimum atomic E-state index is -1.86. The van der Waals surface area contributed by atoms with Crippen molar-refractivity contribution in [1.82, 2.24) is 0 Å². The number of rotatable bonds is 6. The zero-order chi connectivity index (χ0) is 24.6. The lowest BCUT2D eigenvalue weighted by atomic mass is 9.96. The van der Waals surface area contributed by atoms with Crippen LogP contribution in [0.3, 0.4) is 0 Å². The predicted octanol–water partition coefficient (Wildman–Crippen LogP) is -6.55. The van der Waals surface area contributed by atoms with E-state index in [9.17, 15) is 51.1 Å². The van der Waals surface area contributed by atoms with Crippen LogP contribution in [0.15, 0.2) is 0 Å². The summed E-state index contributed by atoms with van der Waals surface area (Å²) in [5, 5.41) is 99.8. The Morgan fingerprint density at radius 2 is 1.06 bits per heavy atom. The summed E-state index contributed by atoms with van der Waals surface area (Å²) in [5.41, 5.74) is 0. The summed E-state index contributed by atoms with van der Waals surface area (Å²) >= 11 is 0. The van der Waals surface area contributed by atoms with Crippen LogP contribution in [-0.4, -0.2) is 156 Å². The molecule has 3 aliphatic heterocycles. The lowest BCUT2D eigenvalue weighted by molar-refractivity contribution is -0.381. The molecule has 0 aliphatic carbocycles. The van der Waals surface area contributed by atoms with Crippen molar-refractivity contribution in [3.8, 4) is 0 Å². The number of ether oxygens (including phenoxy) is 5. The molecule has 0 aromatic rings. The van der Waals surface area contributed by atoms with Crippen LogP contribution < -0.4 is 0 Å². The first-order chi connectivity index (χ1) is 15.5. The van der Waals surface area contributed by atoms with Crippen molar-refractivity contribution in [2.45, 2.75) is 99.0 Å². The number of aliphatic hydroxyl groups excluding tert-OH is 10. The Hall–Kier alpha value is -0.600. The van der Waals surface area contributed by atoms with Crippen LogP contribution in [0.25, 0.3) is 0 Å². The SMILES string of the molecule is C[C@@H]1OC(O[C@H]2C(O)O[C@H](CO)[C@@H](O[C@@H]3O[C@H](CO)[C@H](O)[C@H](O)[C@H]3O)[C@@H]2O)[C@@H](O)[C@H](O)[C@@H]1O. The van der Waals surface area contributed by atoms with Gasteiger partial charge in [0.25, 0.3) is 0 Å². The molecule has 0 spiro atoms. The molecule has 15 heteroatoms. The predicted molar refractivity (Wildman–Crippen MR) is 99.8 cm³/mol. The third kappa shape index (κ3) is 5.32. The van der Waals surface area contributed by atoms with Gasteiger partial charge in [0.15, 0.2) is 18.9 Å². The molecule has 10 N–H and O–H groups in total. The first-order valence-corrected chi connectivity index (χ1v) is 10.4. The van der Waals surface area contributed by atoms with E-state index in [2.05, 4.69) is 0 Å². The molecule has 15 atom stereocenters. The van der Waals surface area contributed by atoms with E-state index >= 15 is 0 Å². The summed E-state index contributed by atoms with van der Waals surface area (Å²) in [6, 6.07) is 0. The van der Waals surface area contributed by atoms with Gasteiger partial charge in [-0.25, -0.2) is 0 Å². The van der Waals surface area contributed by atoms with Gasteiger partial charge >= 0.3 is 0 Å². The number of aliphatic hydroxyl groups is 10. The molecule has 15 nitrogen and oxygen atoms in total. The highest BCUT2D eigenvalue weighted by Crippen LogP contribution is 2.32. The second-order valence-corrected chi connectivity index (χ2v) is 8.32. The van der Waals surface area contributed by atoms with Gasteiger partial charge in [-0.15, -0.1) is 0 Å². The quantitative estimate of drug-likeness (QED) is 0.167. The second kappa shape index (κ2) is 11.0. The molecule has 3 aliphatic rings. The minimum absolute atomic E-state index is 0.730. The Labute approximate surface area is 187 Å². The van der Waals surface area contributed by atoms with Crippen molar-refractivity contribution in [2.75, 3.05) is 13.2 Å². The Morgan fingerprint density at radius 1 is 0.545 bits per heavy atom. The third-order valence-corrected chi connectivity index (χ3v) is 6.05. The largest absolute Gasteiger partial charge is 0.394 e. The van der Waals surface area contributed by atoms with Gasteiger partial charge in [0, 0.05) is 0 Å². The van der Waals surface area contributed by atoms with E-state index in [1.54, 1.807) is 0 Å². The second-order valence-electron chi connectivity index (χ2n) is 8.32. The van der Waals surface area contributed by atoms with E-state index in [0.717, 1.165) is 0 Å². The molecule has 0 bridgehead atoms. The average molecular weight is 488 g/mol. The van der Waals surface area contributed by atoms with E-state index in [0.29, 0.717) is 0 Å². The topological polar surface area (TPSA) is 248 Å². The molecule has 3 heterocycles. The Kier molecular flexibility index (Phi) is 8.99. The normalized spacial score (nSPS) is 53.7. The van der Waals surface area contributed by atoms with E-state index < -0.39 is 105 Å². The van der Waals surface area contributed by atoms with Gasteiger partial charge in [0.05, 0.1) is 19.3 Å². The van der Waals surface area contributed by atoms with Crippen molar-refractivity contribution < 1.29 is 74.7 Å². The van der Waals surface area contributed by atoms with Crippen LogP contribution in [0.5, 0.6) is 0 Å². The Bertz CT molecular complexity index is 624. The summed E-state index contributed by atoms with van der Waals surface area (Å²) < 4.78 is 26.6. The number of hydrogen-bond acceptors (Lipinski definition) is 15. The standard InChI is InChI=1S/C18H32O15/c1-4-7(21)9(23)11(25)17(29-4)33-15-13(27)14(6(3-20)30-16(15)28)32-18-12(26)10(24)8(22)5(2-19)31-18/h4-28H,2-3H2,1H3/t4-,5+,6+,7+,8-,9+,10-,11-,12+,13-,14+,15+,16?,17?,18-/m0/s1. The summed E-state index contributed by atoms with van der Waals surface area (Å²) in [6.07, 6.45) is -23.9. The average Bonchev–Trinajstić information content (AvgIpc) is 2.79. The van der Waals surface area contributed by atoms with Crippen molar-refractivity contribution in [1.29, 1.82) is 0 Å². The fourth-order valence-electron chi connectivity index (χ4n) is 3.99. The van der Waals surface area contributed by atoms with Crippen LogP contribution in [0.1, 0.15) is 6.92 Å². The van der Waals surface area contributed by atoms with Crippen molar-refractivity contribution in [3.63, 3.8) is 0 Å². The highest BCUT2D eigenvalue weighted by atomic mass is 16.8. The molecule has 0 aromatic carbocycles. The molecule has 0 saturated carbocycles. The van der Waals surface area contributed by atoms with Crippen molar-refractivity contribution in [3.05, 3.63) is 0 Å². The molecule has 0 aromatic heterocycles. The van der Waals surface area contributed by atoms with Gasteiger partial charge in [-0.05, 0) is 6.92 Å². The maximum absolute atomic E-state index is 10.8. The maximum Gasteiger partial charge on any atom is 0.187 e. The van der Waals surface area contributed by atoms with Crippen LogP contribution in [0.4, 0.5) is 0 Å². The van der Waals surface area contributed by atoms with E-state index in [4.69, 9.17) is 23.7 Å². The molecular weight excluding hydrogens is 456 g/mol. The van der Waals surface area contributed by atoms with Crippen LogP contribution >= 0.6 is 0 Å². The first kappa shape index (κ1) is 27.0. The highest BCUT2D eigenvalue weighted by molar-refractivity contribution is 4.95. The molecular formula is C18H32O15. The molecule has 194 valence electrons. The zero-order valence-corrected chi connectivity index (χ0v) is 17.6. The lowest BCUT2D eigenvalue weighted by Crippen LogP contribution is -2.66. The smallest absolute Gasteiger partial charge is 0.187 e. The van der Waals surface area contributed by atoms with E-state index in [1.807, 2.05) is 0 Å². The zero-order valence-electron chi connectivity index (χ0n) is 17.6. The summed E-state index contributed by atoms with van der Waals surface area (Å²) in [5.74, 6) is 0. The monoisotopic (exact) mass is 488 g/mol. The van der Waals surface area contributed by atoms with Gasteiger partial charge in [-0.1, -0.05) is 0 Å². The molecule has 2 unspecified atom stereocenters. The van der Waals surface area contributed by atoms with Gasteiger partial charge in [0.1, 0.15) is 67.1 Å². The van der Waals surface area contributed by atoms with Gasteiger partial charge in [-0.3, -0.25) is 0 Å². The molecule has 3 fully saturated rings. The van der Waals surface area contributed by atoms with E-state index in [1.165, 1.54) is 6.92 Å². The van der Waals surface area contributed by atoms with Crippen LogP contribution in [-0.2, 0) is 23.7 Å². The summed E-state index contributed by atoms with van der Waals surface area (Å²) in [4.78, 5) is 0. The van der Waals surface area contributed by atoms with Gasteiger partial charge < -0.3 is 74.7 Å². The summed E-state index contributed by atoms with van der Waals surface area (Å²) in [7, 11) is 0. The highest BCUT2D eigenvalue weighted by Gasteiger charge is 2.53. The van der Waals surface area contributed by atoms with Gasteiger partial charge in [0.2, 0.25) is 0 Å². The van der Waals surface area contributed by atoms with Crippen LogP contribution in [0, 0.1) is 0 Å². The van der Waals surface area contributed by atoms with Crippen molar-refractivity contribution in [2.24, 2.45) is 0 Å². The molecule has 3 saturated heterocycles. The maximum atomic E-state index is 10.8. The molecule has 0 radical (unpaired) electrons. The fraction of sp³-hybridized carbons (Fsp3) is 1.00. The Morgan fingerprint density at radius 3 is 1.64 bits per heavy atom. The lowest BCUT2D eigenvalue weighted by Gasteiger charge is -2.47. The molecule has 33 heavy (non-hydrogen) atoms.